The quantitative estimate of drug-likeness (QED) is 0.803. The first-order valence-electron chi connectivity index (χ1n) is 6.67. The molecule has 106 valence electrons. The number of rotatable bonds is 6. The summed E-state index contributed by atoms with van der Waals surface area (Å²) in [6, 6.07) is 9.66. The van der Waals surface area contributed by atoms with Crippen molar-refractivity contribution in [3.63, 3.8) is 0 Å². The third-order valence-corrected chi connectivity index (χ3v) is 3.52. The molecule has 0 saturated carbocycles. The third kappa shape index (κ3) is 3.42. The minimum absolute atomic E-state index is 0.121. The molecule has 2 rings (SSSR count). The number of hydrogen-bond acceptors (Lipinski definition) is 4. The van der Waals surface area contributed by atoms with Gasteiger partial charge in [-0.1, -0.05) is 18.2 Å². The molecule has 1 heterocycles. The van der Waals surface area contributed by atoms with Crippen molar-refractivity contribution < 1.29 is 4.79 Å². The second-order valence-corrected chi connectivity index (χ2v) is 5.34. The van der Waals surface area contributed by atoms with Crippen LogP contribution in [-0.4, -0.2) is 36.0 Å². The fraction of sp³-hybridized carbons (Fsp3) is 0.333. The van der Waals surface area contributed by atoms with Crippen LogP contribution in [0.2, 0.25) is 0 Å². The highest BCUT2D eigenvalue weighted by Crippen LogP contribution is 2.22. The molecule has 5 heteroatoms. The third-order valence-electron chi connectivity index (χ3n) is 2.91. The van der Waals surface area contributed by atoms with E-state index in [4.69, 9.17) is 0 Å². The predicted octanol–water partition coefficient (Wildman–Crippen LogP) is 2.76. The van der Waals surface area contributed by atoms with Crippen molar-refractivity contribution in [2.45, 2.75) is 6.92 Å². The lowest BCUT2D eigenvalue weighted by atomic mass is 10.1. The van der Waals surface area contributed by atoms with Gasteiger partial charge in [0.2, 0.25) is 0 Å². The minimum atomic E-state index is -0.121. The zero-order valence-corrected chi connectivity index (χ0v) is 12.6. The number of hydrogen-bond donors (Lipinski definition) is 2. The van der Waals surface area contributed by atoms with Crippen LogP contribution in [0.25, 0.3) is 10.9 Å². The highest BCUT2D eigenvalue weighted by atomic mass is 32.2. The summed E-state index contributed by atoms with van der Waals surface area (Å²) in [5, 5.41) is 7.21. The van der Waals surface area contributed by atoms with Crippen LogP contribution in [0.1, 0.15) is 17.4 Å². The van der Waals surface area contributed by atoms with Gasteiger partial charge in [0, 0.05) is 29.9 Å². The van der Waals surface area contributed by atoms with E-state index < -0.39 is 0 Å². The lowest BCUT2D eigenvalue weighted by Gasteiger charge is -2.10. The zero-order chi connectivity index (χ0) is 14.4. The van der Waals surface area contributed by atoms with Gasteiger partial charge < -0.3 is 10.6 Å². The molecule has 0 spiro atoms. The highest BCUT2D eigenvalue weighted by Gasteiger charge is 2.11. The van der Waals surface area contributed by atoms with Gasteiger partial charge >= 0.3 is 0 Å². The number of fused-ring (bicyclic) bond motifs is 1. The van der Waals surface area contributed by atoms with Crippen molar-refractivity contribution in [1.82, 2.24) is 10.3 Å². The smallest absolute Gasteiger partial charge is 0.270 e. The summed E-state index contributed by atoms with van der Waals surface area (Å²) in [5.74, 6) is 0.781. The zero-order valence-electron chi connectivity index (χ0n) is 11.8. The molecule has 4 nitrogen and oxygen atoms in total. The molecule has 0 radical (unpaired) electrons. The second kappa shape index (κ2) is 7.14. The molecule has 0 aliphatic carbocycles. The van der Waals surface area contributed by atoms with Crippen LogP contribution in [-0.2, 0) is 0 Å². The number of benzene rings is 1. The monoisotopic (exact) mass is 289 g/mol. The lowest BCUT2D eigenvalue weighted by Crippen LogP contribution is -2.26. The maximum atomic E-state index is 12.1. The summed E-state index contributed by atoms with van der Waals surface area (Å²) in [7, 11) is 0. The van der Waals surface area contributed by atoms with E-state index in [0.29, 0.717) is 12.2 Å². The van der Waals surface area contributed by atoms with Gasteiger partial charge in [0.25, 0.3) is 5.91 Å². The van der Waals surface area contributed by atoms with E-state index in [1.807, 2.05) is 43.5 Å². The molecule has 0 unspecified atom stereocenters. The molecule has 0 aliphatic heterocycles. The molecule has 1 aromatic carbocycles. The molecule has 0 aliphatic rings. The summed E-state index contributed by atoms with van der Waals surface area (Å²) in [6.07, 6.45) is 2.02. The number of aromatic nitrogens is 1. The molecule has 2 N–H and O–H groups in total. The molecule has 1 amide bonds. The minimum Gasteiger partial charge on any atom is -0.385 e. The van der Waals surface area contributed by atoms with E-state index in [9.17, 15) is 4.79 Å². The summed E-state index contributed by atoms with van der Waals surface area (Å²) in [6.45, 7) is 3.50. The average molecular weight is 289 g/mol. The fourth-order valence-corrected chi connectivity index (χ4v) is 2.29. The normalized spacial score (nSPS) is 10.5. The van der Waals surface area contributed by atoms with E-state index >= 15 is 0 Å². The predicted molar refractivity (Wildman–Crippen MR) is 86.6 cm³/mol. The van der Waals surface area contributed by atoms with Crippen molar-refractivity contribution in [2.24, 2.45) is 0 Å². The number of anilines is 1. The standard InChI is InChI=1S/C15H19N3OS/c1-3-16-13-10-14(15(19)17-8-9-20-2)18-12-7-5-4-6-11(12)13/h4-7,10H,3,8-9H2,1-2H3,(H,16,18)(H,17,19). The van der Waals surface area contributed by atoms with Crippen molar-refractivity contribution >= 4 is 34.3 Å². The van der Waals surface area contributed by atoms with E-state index in [1.54, 1.807) is 11.8 Å². The first kappa shape index (κ1) is 14.7. The summed E-state index contributed by atoms with van der Waals surface area (Å²) in [4.78, 5) is 16.5. The highest BCUT2D eigenvalue weighted by molar-refractivity contribution is 7.98. The van der Waals surface area contributed by atoms with Gasteiger partial charge in [0.1, 0.15) is 5.69 Å². The van der Waals surface area contributed by atoms with Gasteiger partial charge in [-0.15, -0.1) is 0 Å². The van der Waals surface area contributed by atoms with Gasteiger partial charge in [0.05, 0.1) is 5.52 Å². The van der Waals surface area contributed by atoms with E-state index in [2.05, 4.69) is 15.6 Å². The van der Waals surface area contributed by atoms with Crippen LogP contribution in [0.15, 0.2) is 30.3 Å². The van der Waals surface area contributed by atoms with Crippen molar-refractivity contribution in [2.75, 3.05) is 30.4 Å². The summed E-state index contributed by atoms with van der Waals surface area (Å²) < 4.78 is 0. The van der Waals surface area contributed by atoms with Crippen LogP contribution in [0.5, 0.6) is 0 Å². The Morgan fingerprint density at radius 3 is 2.90 bits per heavy atom. The Balaban J connectivity index is 2.31. The Hall–Kier alpha value is -1.75. The SMILES string of the molecule is CCNc1cc(C(=O)NCCSC)nc2ccccc12. The van der Waals surface area contributed by atoms with E-state index in [1.165, 1.54) is 0 Å². The Labute approximate surface area is 123 Å². The molecular weight excluding hydrogens is 270 g/mol. The van der Waals surface area contributed by atoms with Gasteiger partial charge in [-0.25, -0.2) is 4.98 Å². The van der Waals surface area contributed by atoms with Crippen LogP contribution < -0.4 is 10.6 Å². The number of para-hydroxylation sites is 1. The molecular formula is C15H19N3OS. The number of amides is 1. The Kier molecular flexibility index (Phi) is 5.24. The van der Waals surface area contributed by atoms with Crippen LogP contribution in [0.4, 0.5) is 5.69 Å². The van der Waals surface area contributed by atoms with Crippen molar-refractivity contribution in [1.29, 1.82) is 0 Å². The fourth-order valence-electron chi connectivity index (χ4n) is 1.99. The van der Waals surface area contributed by atoms with Crippen LogP contribution in [0, 0.1) is 0 Å². The Morgan fingerprint density at radius 2 is 2.15 bits per heavy atom. The Morgan fingerprint density at radius 1 is 1.35 bits per heavy atom. The average Bonchev–Trinajstić information content (AvgIpc) is 2.47. The van der Waals surface area contributed by atoms with Crippen molar-refractivity contribution in [3.05, 3.63) is 36.0 Å². The first-order valence-corrected chi connectivity index (χ1v) is 8.06. The summed E-state index contributed by atoms with van der Waals surface area (Å²) in [5.41, 5.74) is 2.25. The molecule has 0 saturated heterocycles. The van der Waals surface area contributed by atoms with Gasteiger partial charge in [-0.3, -0.25) is 4.79 Å². The van der Waals surface area contributed by atoms with Crippen molar-refractivity contribution in [3.8, 4) is 0 Å². The van der Waals surface area contributed by atoms with Gasteiger partial charge in [0.15, 0.2) is 0 Å². The number of nitrogens with zero attached hydrogens (tertiary/aromatic N) is 1. The van der Waals surface area contributed by atoms with Gasteiger partial charge in [-0.2, -0.15) is 11.8 Å². The topological polar surface area (TPSA) is 54.0 Å². The van der Waals surface area contributed by atoms with Gasteiger partial charge in [-0.05, 0) is 25.3 Å². The number of thioether (sulfide) groups is 1. The molecule has 0 atom stereocenters. The molecule has 0 fully saturated rings. The number of nitrogens with one attached hydrogen (secondary N) is 2. The maximum Gasteiger partial charge on any atom is 0.270 e. The van der Waals surface area contributed by atoms with Crippen LogP contribution in [0.3, 0.4) is 0 Å². The summed E-state index contributed by atoms with van der Waals surface area (Å²) >= 11 is 1.71. The van der Waals surface area contributed by atoms with E-state index in [0.717, 1.165) is 28.9 Å². The second-order valence-electron chi connectivity index (χ2n) is 4.35. The largest absolute Gasteiger partial charge is 0.385 e. The molecule has 20 heavy (non-hydrogen) atoms. The number of carbonyl (C=O) groups excluding carboxylic acids is 1. The lowest BCUT2D eigenvalue weighted by molar-refractivity contribution is 0.0951. The Bertz CT molecular complexity index is 601. The van der Waals surface area contributed by atoms with E-state index in [-0.39, 0.29) is 5.91 Å². The molecule has 2 aromatic rings. The molecule has 0 bridgehead atoms. The molecule has 1 aromatic heterocycles. The number of carbonyl (C=O) groups is 1. The maximum absolute atomic E-state index is 12.1. The first-order chi connectivity index (χ1) is 9.76. The number of pyridine rings is 1. The van der Waals surface area contributed by atoms with Crippen LogP contribution >= 0.6 is 11.8 Å².